The zero-order chi connectivity index (χ0) is 19.6. The molecule has 146 valence electrons. The number of hydrogen-bond acceptors (Lipinski definition) is 5. The SMILES string of the molecule is Clc1ccc(-n2ncc3c(N4CCN(Cc5ccccc5)CC4)ncnc32)cc1. The van der Waals surface area contributed by atoms with Crippen LogP contribution in [0.25, 0.3) is 16.7 Å². The van der Waals surface area contributed by atoms with Crippen LogP contribution >= 0.6 is 11.6 Å². The Balaban J connectivity index is 1.35. The molecule has 1 fully saturated rings. The van der Waals surface area contributed by atoms with E-state index in [9.17, 15) is 0 Å². The lowest BCUT2D eigenvalue weighted by atomic mass is 10.2. The number of rotatable bonds is 4. The van der Waals surface area contributed by atoms with Gasteiger partial charge in [0.15, 0.2) is 5.65 Å². The minimum Gasteiger partial charge on any atom is -0.353 e. The fraction of sp³-hybridized carbons (Fsp3) is 0.227. The lowest BCUT2D eigenvalue weighted by Crippen LogP contribution is -2.46. The minimum atomic E-state index is 0.703. The second-order valence-electron chi connectivity index (χ2n) is 7.22. The fourth-order valence-corrected chi connectivity index (χ4v) is 3.94. The fourth-order valence-electron chi connectivity index (χ4n) is 3.81. The molecular formula is C22H21ClN6. The van der Waals surface area contributed by atoms with Crippen molar-refractivity contribution in [1.82, 2.24) is 24.6 Å². The summed E-state index contributed by atoms with van der Waals surface area (Å²) in [5, 5.41) is 6.23. The molecule has 0 saturated carbocycles. The molecule has 2 aromatic heterocycles. The van der Waals surface area contributed by atoms with E-state index in [1.807, 2.05) is 35.1 Å². The Hall–Kier alpha value is -2.96. The highest BCUT2D eigenvalue weighted by atomic mass is 35.5. The molecule has 0 amide bonds. The molecule has 1 aliphatic rings. The lowest BCUT2D eigenvalue weighted by Gasteiger charge is -2.35. The Morgan fingerprint density at radius 3 is 2.38 bits per heavy atom. The van der Waals surface area contributed by atoms with E-state index in [4.69, 9.17) is 11.6 Å². The van der Waals surface area contributed by atoms with Gasteiger partial charge in [-0.1, -0.05) is 41.9 Å². The summed E-state index contributed by atoms with van der Waals surface area (Å²) in [5.41, 5.74) is 3.10. The van der Waals surface area contributed by atoms with Gasteiger partial charge >= 0.3 is 0 Å². The standard InChI is InChI=1S/C22H21ClN6/c23-18-6-8-19(9-7-18)29-22-20(14-26-29)21(24-16-25-22)28-12-10-27(11-13-28)15-17-4-2-1-3-5-17/h1-9,14,16H,10-13,15H2. The topological polar surface area (TPSA) is 50.1 Å². The second-order valence-corrected chi connectivity index (χ2v) is 7.65. The smallest absolute Gasteiger partial charge is 0.168 e. The number of benzene rings is 2. The van der Waals surface area contributed by atoms with Gasteiger partial charge < -0.3 is 4.90 Å². The van der Waals surface area contributed by atoms with Crippen LogP contribution in [0.4, 0.5) is 5.82 Å². The minimum absolute atomic E-state index is 0.703. The first-order valence-electron chi connectivity index (χ1n) is 9.74. The lowest BCUT2D eigenvalue weighted by molar-refractivity contribution is 0.249. The molecule has 0 bridgehead atoms. The van der Waals surface area contributed by atoms with Gasteiger partial charge in [0.25, 0.3) is 0 Å². The predicted molar refractivity (Wildman–Crippen MR) is 116 cm³/mol. The van der Waals surface area contributed by atoms with Crippen molar-refractivity contribution in [2.24, 2.45) is 0 Å². The van der Waals surface area contributed by atoms with Crippen molar-refractivity contribution in [3.63, 3.8) is 0 Å². The maximum absolute atomic E-state index is 6.01. The van der Waals surface area contributed by atoms with Gasteiger partial charge in [-0.15, -0.1) is 0 Å². The van der Waals surface area contributed by atoms with Crippen molar-refractivity contribution in [3.8, 4) is 5.69 Å². The first-order chi connectivity index (χ1) is 14.3. The van der Waals surface area contributed by atoms with E-state index < -0.39 is 0 Å². The van der Waals surface area contributed by atoms with Crippen LogP contribution in [0.2, 0.25) is 5.02 Å². The highest BCUT2D eigenvalue weighted by Gasteiger charge is 2.21. The number of fused-ring (bicyclic) bond motifs is 1. The Morgan fingerprint density at radius 2 is 1.62 bits per heavy atom. The molecule has 0 radical (unpaired) electrons. The van der Waals surface area contributed by atoms with Crippen molar-refractivity contribution in [2.75, 3.05) is 31.1 Å². The van der Waals surface area contributed by atoms with Crippen LogP contribution in [-0.2, 0) is 6.54 Å². The van der Waals surface area contributed by atoms with Crippen LogP contribution < -0.4 is 4.90 Å². The van der Waals surface area contributed by atoms with E-state index in [0.717, 1.165) is 55.3 Å². The number of aromatic nitrogens is 4. The summed E-state index contributed by atoms with van der Waals surface area (Å²) in [6.45, 7) is 4.87. The first-order valence-corrected chi connectivity index (χ1v) is 10.1. The summed E-state index contributed by atoms with van der Waals surface area (Å²) >= 11 is 6.01. The molecule has 3 heterocycles. The van der Waals surface area contributed by atoms with Gasteiger partial charge in [0, 0.05) is 37.7 Å². The summed E-state index contributed by atoms with van der Waals surface area (Å²) in [4.78, 5) is 13.9. The largest absolute Gasteiger partial charge is 0.353 e. The molecule has 0 aliphatic carbocycles. The molecule has 2 aromatic carbocycles. The third-order valence-corrected chi connectivity index (χ3v) is 5.59. The van der Waals surface area contributed by atoms with E-state index in [2.05, 4.69) is 55.2 Å². The average Bonchev–Trinajstić information content (AvgIpc) is 3.20. The number of halogens is 1. The van der Waals surface area contributed by atoms with E-state index in [1.54, 1.807) is 6.33 Å². The van der Waals surface area contributed by atoms with E-state index in [-0.39, 0.29) is 0 Å². The molecule has 1 saturated heterocycles. The zero-order valence-corrected chi connectivity index (χ0v) is 16.7. The molecule has 0 unspecified atom stereocenters. The number of anilines is 1. The van der Waals surface area contributed by atoms with Gasteiger partial charge in [0.1, 0.15) is 12.1 Å². The summed E-state index contributed by atoms with van der Waals surface area (Å²) in [5.74, 6) is 0.953. The van der Waals surface area contributed by atoms with Gasteiger partial charge in [0.05, 0.1) is 17.3 Å². The van der Waals surface area contributed by atoms with Gasteiger partial charge in [-0.3, -0.25) is 4.90 Å². The number of hydrogen-bond donors (Lipinski definition) is 0. The Kier molecular flexibility index (Phi) is 4.87. The van der Waals surface area contributed by atoms with Gasteiger partial charge in [0.2, 0.25) is 0 Å². The summed E-state index contributed by atoms with van der Waals surface area (Å²) in [6, 6.07) is 18.2. The Labute approximate surface area is 174 Å². The highest BCUT2D eigenvalue weighted by molar-refractivity contribution is 6.30. The zero-order valence-electron chi connectivity index (χ0n) is 15.9. The third kappa shape index (κ3) is 3.69. The summed E-state index contributed by atoms with van der Waals surface area (Å²) in [6.07, 6.45) is 3.48. The number of nitrogens with zero attached hydrogens (tertiary/aromatic N) is 6. The van der Waals surface area contributed by atoms with Crippen LogP contribution in [0.15, 0.2) is 67.1 Å². The molecule has 0 N–H and O–H groups in total. The van der Waals surface area contributed by atoms with Crippen LogP contribution in [0, 0.1) is 0 Å². The third-order valence-electron chi connectivity index (χ3n) is 5.34. The highest BCUT2D eigenvalue weighted by Crippen LogP contribution is 2.26. The van der Waals surface area contributed by atoms with Crippen LogP contribution in [0.3, 0.4) is 0 Å². The maximum Gasteiger partial charge on any atom is 0.168 e. The molecule has 5 rings (SSSR count). The molecule has 0 atom stereocenters. The monoisotopic (exact) mass is 404 g/mol. The molecule has 4 aromatic rings. The van der Waals surface area contributed by atoms with Gasteiger partial charge in [-0.05, 0) is 29.8 Å². The van der Waals surface area contributed by atoms with Crippen LogP contribution in [0.1, 0.15) is 5.56 Å². The van der Waals surface area contributed by atoms with E-state index >= 15 is 0 Å². The van der Waals surface area contributed by atoms with Crippen LogP contribution in [0.5, 0.6) is 0 Å². The van der Waals surface area contributed by atoms with Crippen molar-refractivity contribution in [3.05, 3.63) is 77.7 Å². The quantitative estimate of drug-likeness (QED) is 0.518. The van der Waals surface area contributed by atoms with Gasteiger partial charge in [-0.25, -0.2) is 14.6 Å². The van der Waals surface area contributed by atoms with Crippen LogP contribution in [-0.4, -0.2) is 50.8 Å². The molecule has 7 heteroatoms. The normalized spacial score (nSPS) is 15.1. The van der Waals surface area contributed by atoms with E-state index in [1.165, 1.54) is 5.56 Å². The molecule has 0 spiro atoms. The molecule has 1 aliphatic heterocycles. The summed E-state index contributed by atoms with van der Waals surface area (Å²) < 4.78 is 1.84. The molecular weight excluding hydrogens is 384 g/mol. The first kappa shape index (κ1) is 18.1. The second kappa shape index (κ2) is 7.81. The number of piperazine rings is 1. The van der Waals surface area contributed by atoms with Gasteiger partial charge in [-0.2, -0.15) is 5.10 Å². The molecule has 29 heavy (non-hydrogen) atoms. The van der Waals surface area contributed by atoms with Crippen molar-refractivity contribution in [2.45, 2.75) is 6.54 Å². The predicted octanol–water partition coefficient (Wildman–Crippen LogP) is 3.79. The molecule has 6 nitrogen and oxygen atoms in total. The summed E-state index contributed by atoms with van der Waals surface area (Å²) in [7, 11) is 0. The van der Waals surface area contributed by atoms with E-state index in [0.29, 0.717) is 5.02 Å². The maximum atomic E-state index is 6.01. The Morgan fingerprint density at radius 1 is 0.862 bits per heavy atom. The van der Waals surface area contributed by atoms with Crippen molar-refractivity contribution < 1.29 is 0 Å². The van der Waals surface area contributed by atoms with Crippen molar-refractivity contribution >= 4 is 28.5 Å². The van der Waals surface area contributed by atoms with Crippen molar-refractivity contribution in [1.29, 1.82) is 0 Å². The average molecular weight is 405 g/mol. The Bertz CT molecular complexity index is 1100.